The van der Waals surface area contributed by atoms with Crippen LogP contribution < -0.4 is 10.1 Å². The van der Waals surface area contributed by atoms with Gasteiger partial charge < -0.3 is 15.2 Å². The van der Waals surface area contributed by atoms with Crippen LogP contribution in [-0.2, 0) is 19.8 Å². The second-order valence-corrected chi connectivity index (χ2v) is 5.50. The average Bonchev–Trinajstić information content (AvgIpc) is 2.84. The molecular formula is C16H20F3N3O2. The highest BCUT2D eigenvalue weighted by molar-refractivity contribution is 5.30. The van der Waals surface area contributed by atoms with E-state index in [1.807, 2.05) is 14.0 Å². The molecule has 1 atom stereocenters. The Balaban J connectivity index is 1.77. The fraction of sp³-hybridized carbons (Fsp3) is 0.438. The van der Waals surface area contributed by atoms with Gasteiger partial charge in [-0.05, 0) is 25.1 Å². The second-order valence-electron chi connectivity index (χ2n) is 5.50. The van der Waals surface area contributed by atoms with Crippen molar-refractivity contribution in [1.82, 2.24) is 15.1 Å². The Morgan fingerprint density at radius 3 is 2.75 bits per heavy atom. The van der Waals surface area contributed by atoms with Gasteiger partial charge in [-0.1, -0.05) is 6.07 Å². The summed E-state index contributed by atoms with van der Waals surface area (Å²) < 4.78 is 44.8. The van der Waals surface area contributed by atoms with Crippen molar-refractivity contribution in [1.29, 1.82) is 0 Å². The number of aliphatic hydroxyl groups is 1. The van der Waals surface area contributed by atoms with E-state index in [0.717, 1.165) is 23.4 Å². The minimum absolute atomic E-state index is 0.0759. The molecule has 0 fully saturated rings. The fourth-order valence-corrected chi connectivity index (χ4v) is 2.10. The van der Waals surface area contributed by atoms with Gasteiger partial charge in [0.1, 0.15) is 18.5 Å². The molecule has 0 spiro atoms. The lowest BCUT2D eigenvalue weighted by Crippen LogP contribution is -2.31. The fourth-order valence-electron chi connectivity index (χ4n) is 2.10. The second kappa shape index (κ2) is 7.67. The van der Waals surface area contributed by atoms with Crippen LogP contribution in [0.4, 0.5) is 13.2 Å². The molecule has 0 bridgehead atoms. The van der Waals surface area contributed by atoms with Crippen LogP contribution in [0.3, 0.4) is 0 Å². The van der Waals surface area contributed by atoms with E-state index in [-0.39, 0.29) is 18.9 Å². The summed E-state index contributed by atoms with van der Waals surface area (Å²) in [5.74, 6) is 0.0759. The maximum absolute atomic E-state index is 12.6. The van der Waals surface area contributed by atoms with Gasteiger partial charge in [0.15, 0.2) is 0 Å². The lowest BCUT2D eigenvalue weighted by atomic mass is 10.2. The molecular weight excluding hydrogens is 323 g/mol. The standard InChI is InChI=1S/C16H20F3N3O2/c1-11-12(8-21-22(11)2)7-20-9-14(23)10-24-15-5-3-4-13(6-15)16(17,18)19/h3-6,8,14,20,23H,7,9-10H2,1-2H3. The van der Waals surface area contributed by atoms with E-state index in [1.54, 1.807) is 10.9 Å². The number of aliphatic hydroxyl groups excluding tert-OH is 1. The smallest absolute Gasteiger partial charge is 0.416 e. The molecule has 0 radical (unpaired) electrons. The molecule has 1 aromatic heterocycles. The lowest BCUT2D eigenvalue weighted by molar-refractivity contribution is -0.137. The molecule has 0 saturated carbocycles. The zero-order valence-corrected chi connectivity index (χ0v) is 13.5. The number of nitrogens with one attached hydrogen (secondary N) is 1. The molecule has 1 aromatic carbocycles. The summed E-state index contributed by atoms with van der Waals surface area (Å²) in [6.45, 7) is 2.64. The molecule has 0 aliphatic heterocycles. The summed E-state index contributed by atoms with van der Waals surface area (Å²) in [4.78, 5) is 0. The van der Waals surface area contributed by atoms with Gasteiger partial charge in [-0.2, -0.15) is 18.3 Å². The average molecular weight is 343 g/mol. The van der Waals surface area contributed by atoms with Crippen molar-refractivity contribution in [3.8, 4) is 5.75 Å². The van der Waals surface area contributed by atoms with Gasteiger partial charge in [0.25, 0.3) is 0 Å². The number of benzene rings is 1. The van der Waals surface area contributed by atoms with Crippen LogP contribution in [0.2, 0.25) is 0 Å². The first kappa shape index (κ1) is 18.3. The number of alkyl halides is 3. The van der Waals surface area contributed by atoms with Gasteiger partial charge in [-0.3, -0.25) is 4.68 Å². The first-order valence-corrected chi connectivity index (χ1v) is 7.43. The van der Waals surface area contributed by atoms with Crippen LogP contribution in [0.25, 0.3) is 0 Å². The van der Waals surface area contributed by atoms with Crippen molar-refractivity contribution in [3.05, 3.63) is 47.3 Å². The summed E-state index contributed by atoms with van der Waals surface area (Å²) in [6, 6.07) is 4.59. The van der Waals surface area contributed by atoms with E-state index >= 15 is 0 Å². The maximum Gasteiger partial charge on any atom is 0.416 e. The first-order valence-electron chi connectivity index (χ1n) is 7.43. The van der Waals surface area contributed by atoms with E-state index in [2.05, 4.69) is 10.4 Å². The number of rotatable bonds is 7. The molecule has 0 aliphatic rings. The van der Waals surface area contributed by atoms with Crippen LogP contribution in [0.5, 0.6) is 5.75 Å². The van der Waals surface area contributed by atoms with E-state index in [0.29, 0.717) is 6.54 Å². The highest BCUT2D eigenvalue weighted by atomic mass is 19.4. The molecule has 1 heterocycles. The van der Waals surface area contributed by atoms with Crippen molar-refractivity contribution >= 4 is 0 Å². The number of aryl methyl sites for hydroxylation is 1. The quantitative estimate of drug-likeness (QED) is 0.810. The van der Waals surface area contributed by atoms with E-state index in [1.165, 1.54) is 12.1 Å². The molecule has 132 valence electrons. The molecule has 0 saturated heterocycles. The van der Waals surface area contributed by atoms with Gasteiger partial charge in [0.05, 0.1) is 11.8 Å². The predicted octanol–water partition coefficient (Wildman–Crippen LogP) is 2.28. The zero-order chi connectivity index (χ0) is 17.7. The third-order valence-corrected chi connectivity index (χ3v) is 3.64. The van der Waals surface area contributed by atoms with Gasteiger partial charge in [0, 0.05) is 31.4 Å². The van der Waals surface area contributed by atoms with Crippen LogP contribution in [0.1, 0.15) is 16.8 Å². The Morgan fingerprint density at radius 1 is 1.38 bits per heavy atom. The number of hydrogen-bond acceptors (Lipinski definition) is 4. The van der Waals surface area contributed by atoms with Crippen LogP contribution in [0, 0.1) is 6.92 Å². The minimum atomic E-state index is -4.42. The van der Waals surface area contributed by atoms with Crippen molar-refractivity contribution in [2.45, 2.75) is 25.7 Å². The van der Waals surface area contributed by atoms with Gasteiger partial charge in [-0.25, -0.2) is 0 Å². The number of aromatic nitrogens is 2. The van der Waals surface area contributed by atoms with Crippen LogP contribution >= 0.6 is 0 Å². The largest absolute Gasteiger partial charge is 0.491 e. The number of ether oxygens (including phenoxy) is 1. The molecule has 2 N–H and O–H groups in total. The molecule has 2 rings (SSSR count). The monoisotopic (exact) mass is 343 g/mol. The van der Waals surface area contributed by atoms with Crippen molar-refractivity contribution < 1.29 is 23.0 Å². The van der Waals surface area contributed by atoms with Gasteiger partial charge >= 0.3 is 6.18 Å². The summed E-state index contributed by atoms with van der Waals surface area (Å²) in [6.07, 6.45) is -3.51. The molecule has 0 amide bonds. The summed E-state index contributed by atoms with van der Waals surface area (Å²) in [5, 5.41) is 17.0. The SMILES string of the molecule is Cc1c(CNCC(O)COc2cccc(C(F)(F)F)c2)cnn1C. The van der Waals surface area contributed by atoms with Gasteiger partial charge in [-0.15, -0.1) is 0 Å². The first-order chi connectivity index (χ1) is 11.3. The molecule has 24 heavy (non-hydrogen) atoms. The minimum Gasteiger partial charge on any atom is -0.491 e. The van der Waals surface area contributed by atoms with E-state index in [9.17, 15) is 18.3 Å². The maximum atomic E-state index is 12.6. The van der Waals surface area contributed by atoms with Crippen molar-refractivity contribution in [2.75, 3.05) is 13.2 Å². The molecule has 5 nitrogen and oxygen atoms in total. The predicted molar refractivity (Wildman–Crippen MR) is 82.6 cm³/mol. The Morgan fingerprint density at radius 2 is 2.12 bits per heavy atom. The lowest BCUT2D eigenvalue weighted by Gasteiger charge is -2.14. The number of halogens is 3. The molecule has 1 unspecified atom stereocenters. The third kappa shape index (κ3) is 4.97. The topological polar surface area (TPSA) is 59.3 Å². The third-order valence-electron chi connectivity index (χ3n) is 3.64. The normalized spacial score (nSPS) is 13.1. The summed E-state index contributed by atoms with van der Waals surface area (Å²) in [5.41, 5.74) is 1.26. The molecule has 2 aromatic rings. The number of nitrogens with zero attached hydrogens (tertiary/aromatic N) is 2. The molecule has 0 aliphatic carbocycles. The highest BCUT2D eigenvalue weighted by Crippen LogP contribution is 2.31. The van der Waals surface area contributed by atoms with Crippen molar-refractivity contribution in [3.63, 3.8) is 0 Å². The van der Waals surface area contributed by atoms with Gasteiger partial charge in [0.2, 0.25) is 0 Å². The van der Waals surface area contributed by atoms with Crippen LogP contribution in [0.15, 0.2) is 30.5 Å². The Bertz CT molecular complexity index is 671. The Hall–Kier alpha value is -2.06. The van der Waals surface area contributed by atoms with E-state index in [4.69, 9.17) is 4.74 Å². The zero-order valence-electron chi connectivity index (χ0n) is 13.5. The van der Waals surface area contributed by atoms with Crippen molar-refractivity contribution in [2.24, 2.45) is 7.05 Å². The van der Waals surface area contributed by atoms with E-state index < -0.39 is 17.8 Å². The Labute approximate surface area is 138 Å². The Kier molecular flexibility index (Phi) is 5.84. The summed E-state index contributed by atoms with van der Waals surface area (Å²) >= 11 is 0. The summed E-state index contributed by atoms with van der Waals surface area (Å²) in [7, 11) is 1.84. The number of hydrogen-bond donors (Lipinski definition) is 2. The van der Waals surface area contributed by atoms with Crippen LogP contribution in [-0.4, -0.2) is 34.1 Å². The molecule has 8 heteroatoms. The highest BCUT2D eigenvalue weighted by Gasteiger charge is 2.30.